The Morgan fingerprint density at radius 3 is 2.69 bits per heavy atom. The van der Waals surface area contributed by atoms with Gasteiger partial charge < -0.3 is 14.7 Å². The number of aromatic nitrogens is 5. The third-order valence-corrected chi connectivity index (χ3v) is 7.14. The van der Waals surface area contributed by atoms with Crippen LogP contribution >= 0.6 is 0 Å². The lowest BCUT2D eigenvalue weighted by atomic mass is 9.83. The van der Waals surface area contributed by atoms with Crippen molar-refractivity contribution >= 4 is 27.5 Å². The van der Waals surface area contributed by atoms with E-state index in [0.29, 0.717) is 5.92 Å². The number of hydrogen-bond acceptors (Lipinski definition) is 5. The van der Waals surface area contributed by atoms with Gasteiger partial charge in [0.2, 0.25) is 0 Å². The largest absolute Gasteiger partial charge is 0.472 e. The summed E-state index contributed by atoms with van der Waals surface area (Å²) in [7, 11) is 0. The summed E-state index contributed by atoms with van der Waals surface area (Å²) in [6.07, 6.45) is 12.6. The number of allylic oxidation sites excluding steroid dienone is 1. The summed E-state index contributed by atoms with van der Waals surface area (Å²) >= 11 is 0. The van der Waals surface area contributed by atoms with Crippen molar-refractivity contribution in [2.75, 3.05) is 5.32 Å². The number of hydrogen-bond donors (Lipinski definition) is 3. The van der Waals surface area contributed by atoms with Crippen molar-refractivity contribution in [3.8, 4) is 33.8 Å². The van der Waals surface area contributed by atoms with E-state index in [2.05, 4.69) is 67.4 Å². The summed E-state index contributed by atoms with van der Waals surface area (Å²) < 4.78 is 5.28. The van der Waals surface area contributed by atoms with Gasteiger partial charge in [-0.1, -0.05) is 19.1 Å². The molecule has 3 N–H and O–H groups in total. The molecule has 7 rings (SSSR count). The number of fused-ring (bicyclic) bond motifs is 2. The summed E-state index contributed by atoms with van der Waals surface area (Å²) in [5.74, 6) is 0.569. The molecule has 5 heterocycles. The van der Waals surface area contributed by atoms with E-state index >= 15 is 0 Å². The molecule has 0 atom stereocenters. The molecule has 5 aromatic heterocycles. The Hall–Kier alpha value is -4.65. The van der Waals surface area contributed by atoms with Crippen LogP contribution in [-0.2, 0) is 0 Å². The quantitative estimate of drug-likeness (QED) is 0.239. The lowest BCUT2D eigenvalue weighted by molar-refractivity contribution is 0.371. The molecule has 1 aliphatic carbocycles. The summed E-state index contributed by atoms with van der Waals surface area (Å²) in [6.45, 7) is 4.23. The molecular weight excluding hydrogens is 448 g/mol. The smallest absolute Gasteiger partial charge is 0.116 e. The molecule has 0 amide bonds. The molecule has 0 saturated heterocycles. The zero-order valence-corrected chi connectivity index (χ0v) is 19.6. The number of benzene rings is 1. The molecule has 6 aromatic rings. The van der Waals surface area contributed by atoms with Crippen LogP contribution in [0.5, 0.6) is 0 Å². The van der Waals surface area contributed by atoms with Crippen LogP contribution in [-0.4, -0.2) is 25.1 Å². The summed E-state index contributed by atoms with van der Waals surface area (Å²) in [4.78, 5) is 12.6. The normalized spacial score (nSPS) is 13.8. The maximum Gasteiger partial charge on any atom is 0.116 e. The average Bonchev–Trinajstić information content (AvgIpc) is 3.61. The van der Waals surface area contributed by atoms with Crippen molar-refractivity contribution in [2.45, 2.75) is 19.3 Å². The van der Waals surface area contributed by atoms with E-state index in [-0.39, 0.29) is 0 Å². The van der Waals surface area contributed by atoms with Crippen molar-refractivity contribution in [2.24, 2.45) is 5.92 Å². The minimum Gasteiger partial charge on any atom is -0.472 e. The van der Waals surface area contributed by atoms with Crippen LogP contribution < -0.4 is 5.32 Å². The number of pyridine rings is 2. The Labute approximate surface area is 207 Å². The van der Waals surface area contributed by atoms with Crippen molar-refractivity contribution in [3.05, 3.63) is 85.9 Å². The van der Waals surface area contributed by atoms with E-state index in [0.717, 1.165) is 67.0 Å². The van der Waals surface area contributed by atoms with Crippen molar-refractivity contribution in [1.29, 1.82) is 0 Å². The van der Waals surface area contributed by atoms with Gasteiger partial charge in [-0.3, -0.25) is 15.1 Å². The summed E-state index contributed by atoms with van der Waals surface area (Å²) in [5, 5.41) is 13.3. The number of anilines is 1. The number of rotatable bonds is 6. The maximum atomic E-state index is 5.28. The highest BCUT2D eigenvalue weighted by Gasteiger charge is 2.20. The van der Waals surface area contributed by atoms with Crippen LogP contribution in [0.1, 0.15) is 19.3 Å². The molecule has 0 radical (unpaired) electrons. The van der Waals surface area contributed by atoms with Crippen LogP contribution in [0.4, 0.5) is 5.69 Å². The number of nitrogens with zero attached hydrogens (tertiary/aromatic N) is 3. The van der Waals surface area contributed by atoms with Gasteiger partial charge in [-0.15, -0.1) is 0 Å². The molecule has 1 aliphatic rings. The van der Waals surface area contributed by atoms with Gasteiger partial charge in [0.25, 0.3) is 0 Å². The van der Waals surface area contributed by atoms with Crippen LogP contribution in [0.2, 0.25) is 0 Å². The van der Waals surface area contributed by atoms with Gasteiger partial charge >= 0.3 is 0 Å². The van der Waals surface area contributed by atoms with Gasteiger partial charge in [-0.05, 0) is 60.7 Å². The Morgan fingerprint density at radius 2 is 1.86 bits per heavy atom. The number of aromatic amines is 2. The fourth-order valence-corrected chi connectivity index (χ4v) is 4.92. The Kier molecular flexibility index (Phi) is 4.73. The first-order chi connectivity index (χ1) is 17.7. The predicted molar refractivity (Wildman–Crippen MR) is 142 cm³/mol. The zero-order chi connectivity index (χ0) is 24.1. The third-order valence-electron chi connectivity index (χ3n) is 7.14. The Balaban J connectivity index is 1.26. The first-order valence-electron chi connectivity index (χ1n) is 12.1. The molecule has 0 bridgehead atoms. The van der Waals surface area contributed by atoms with Crippen LogP contribution in [0.25, 0.3) is 55.6 Å². The van der Waals surface area contributed by atoms with Crippen LogP contribution in [0.3, 0.4) is 0 Å². The predicted octanol–water partition coefficient (Wildman–Crippen LogP) is 7.15. The molecule has 0 unspecified atom stereocenters. The van der Waals surface area contributed by atoms with E-state index in [1.165, 1.54) is 19.3 Å². The molecule has 7 nitrogen and oxygen atoms in total. The van der Waals surface area contributed by atoms with Crippen LogP contribution in [0, 0.1) is 5.92 Å². The number of nitrogens with one attached hydrogen (secondary N) is 3. The Bertz CT molecular complexity index is 1720. The molecule has 0 aliphatic heterocycles. The lowest BCUT2D eigenvalue weighted by Crippen LogP contribution is -2.18. The highest BCUT2D eigenvalue weighted by Crippen LogP contribution is 2.36. The highest BCUT2D eigenvalue weighted by molar-refractivity contribution is 6.00. The standard InChI is InChI=1S/C29H24N6O/c1-17(18-3-2-4-18)32-22-11-21(14-30-15-22)19-5-6-26-23(12-19)29(35-34-26)27-13-24-25(33-27)7-9-31-28(24)20-8-10-36-16-20/h5-16,18,32-33H,1-4H2,(H,34,35). The van der Waals surface area contributed by atoms with E-state index in [1.54, 1.807) is 18.7 Å². The van der Waals surface area contributed by atoms with E-state index in [1.807, 2.05) is 24.5 Å². The molecular formula is C29H24N6O. The molecule has 1 aromatic carbocycles. The van der Waals surface area contributed by atoms with Gasteiger partial charge in [0.15, 0.2) is 0 Å². The van der Waals surface area contributed by atoms with Gasteiger partial charge in [-0.2, -0.15) is 5.10 Å². The second kappa shape index (κ2) is 8.23. The highest BCUT2D eigenvalue weighted by atomic mass is 16.3. The topological polar surface area (TPSA) is 95.4 Å². The maximum absolute atomic E-state index is 5.28. The summed E-state index contributed by atoms with van der Waals surface area (Å²) in [5.41, 5.74) is 9.75. The fourth-order valence-electron chi connectivity index (χ4n) is 4.92. The Morgan fingerprint density at radius 1 is 0.944 bits per heavy atom. The summed E-state index contributed by atoms with van der Waals surface area (Å²) in [6, 6.07) is 14.5. The van der Waals surface area contributed by atoms with Gasteiger partial charge in [0, 0.05) is 45.5 Å². The van der Waals surface area contributed by atoms with E-state index < -0.39 is 0 Å². The minimum atomic E-state index is 0.569. The molecule has 176 valence electrons. The molecule has 1 fully saturated rings. The molecule has 36 heavy (non-hydrogen) atoms. The van der Waals surface area contributed by atoms with Crippen molar-refractivity contribution in [3.63, 3.8) is 0 Å². The SMILES string of the molecule is C=C(Nc1cncc(-c2ccc3[nH]nc(-c4cc5c(-c6ccoc6)nccc5[nH]4)c3c2)c1)C1CCC1. The second-order valence-electron chi connectivity index (χ2n) is 9.39. The van der Waals surface area contributed by atoms with E-state index in [9.17, 15) is 0 Å². The average molecular weight is 473 g/mol. The lowest BCUT2D eigenvalue weighted by Gasteiger charge is -2.28. The zero-order valence-electron chi connectivity index (χ0n) is 19.6. The number of furan rings is 1. The number of H-pyrrole nitrogens is 2. The van der Waals surface area contributed by atoms with Gasteiger partial charge in [-0.25, -0.2) is 0 Å². The van der Waals surface area contributed by atoms with Crippen molar-refractivity contribution in [1.82, 2.24) is 25.1 Å². The second-order valence-corrected chi connectivity index (χ2v) is 9.39. The molecule has 1 saturated carbocycles. The fraction of sp³-hybridized carbons (Fsp3) is 0.138. The van der Waals surface area contributed by atoms with Crippen LogP contribution in [0.15, 0.2) is 90.3 Å². The minimum absolute atomic E-state index is 0.569. The first kappa shape index (κ1) is 20.7. The van der Waals surface area contributed by atoms with Crippen molar-refractivity contribution < 1.29 is 4.42 Å². The van der Waals surface area contributed by atoms with Gasteiger partial charge in [0.05, 0.1) is 41.3 Å². The third kappa shape index (κ3) is 3.48. The molecule has 0 spiro atoms. The first-order valence-corrected chi connectivity index (χ1v) is 12.1. The molecule has 7 heteroatoms. The van der Waals surface area contributed by atoms with E-state index in [4.69, 9.17) is 4.42 Å². The van der Waals surface area contributed by atoms with Gasteiger partial charge in [0.1, 0.15) is 5.69 Å². The monoisotopic (exact) mass is 472 g/mol.